The van der Waals surface area contributed by atoms with Crippen molar-refractivity contribution in [1.29, 1.82) is 0 Å². The molecule has 0 atom stereocenters. The summed E-state index contributed by atoms with van der Waals surface area (Å²) >= 11 is 0. The highest BCUT2D eigenvalue weighted by Gasteiger charge is 2.20. The molecular formula is C17H30N2O. The van der Waals surface area contributed by atoms with Crippen LogP contribution in [0.15, 0.2) is 24.3 Å². The molecule has 1 N–H and O–H groups in total. The summed E-state index contributed by atoms with van der Waals surface area (Å²) in [5, 5.41) is 3.53. The van der Waals surface area contributed by atoms with E-state index in [1.807, 2.05) is 12.1 Å². The quantitative estimate of drug-likeness (QED) is 0.790. The average molecular weight is 278 g/mol. The molecule has 0 saturated heterocycles. The molecule has 0 spiro atoms. The van der Waals surface area contributed by atoms with Gasteiger partial charge in [0.2, 0.25) is 0 Å². The van der Waals surface area contributed by atoms with E-state index in [1.54, 1.807) is 7.11 Å². The van der Waals surface area contributed by atoms with E-state index in [4.69, 9.17) is 4.74 Å². The van der Waals surface area contributed by atoms with Gasteiger partial charge in [0.25, 0.3) is 0 Å². The Hall–Kier alpha value is -1.06. The Morgan fingerprint density at radius 2 is 1.80 bits per heavy atom. The first-order chi connectivity index (χ1) is 9.32. The topological polar surface area (TPSA) is 24.5 Å². The zero-order valence-electron chi connectivity index (χ0n) is 13.9. The van der Waals surface area contributed by atoms with Gasteiger partial charge in [-0.15, -0.1) is 0 Å². The van der Waals surface area contributed by atoms with Crippen molar-refractivity contribution in [2.24, 2.45) is 5.41 Å². The summed E-state index contributed by atoms with van der Waals surface area (Å²) in [5.74, 6) is 0.915. The molecule has 0 fully saturated rings. The summed E-state index contributed by atoms with van der Waals surface area (Å²) in [6.07, 6.45) is 0. The van der Waals surface area contributed by atoms with E-state index in [-0.39, 0.29) is 5.41 Å². The average Bonchev–Trinajstić information content (AvgIpc) is 2.37. The summed E-state index contributed by atoms with van der Waals surface area (Å²) < 4.78 is 5.19. The van der Waals surface area contributed by atoms with Crippen LogP contribution in [-0.2, 0) is 6.54 Å². The van der Waals surface area contributed by atoms with Gasteiger partial charge in [-0.25, -0.2) is 0 Å². The van der Waals surface area contributed by atoms with Gasteiger partial charge >= 0.3 is 0 Å². The zero-order valence-corrected chi connectivity index (χ0v) is 13.9. The van der Waals surface area contributed by atoms with Crippen molar-refractivity contribution in [3.05, 3.63) is 29.8 Å². The second-order valence-corrected chi connectivity index (χ2v) is 6.72. The maximum absolute atomic E-state index is 5.19. The van der Waals surface area contributed by atoms with E-state index in [0.717, 1.165) is 25.4 Å². The molecule has 0 saturated carbocycles. The first kappa shape index (κ1) is 17.0. The largest absolute Gasteiger partial charge is 0.497 e. The highest BCUT2D eigenvalue weighted by Crippen LogP contribution is 2.18. The number of benzene rings is 1. The molecule has 3 nitrogen and oxygen atoms in total. The molecule has 20 heavy (non-hydrogen) atoms. The molecule has 1 rings (SSSR count). The van der Waals surface area contributed by atoms with Crippen molar-refractivity contribution in [2.45, 2.75) is 40.3 Å². The van der Waals surface area contributed by atoms with Gasteiger partial charge in [0, 0.05) is 25.7 Å². The molecule has 3 heteroatoms. The van der Waals surface area contributed by atoms with E-state index in [9.17, 15) is 0 Å². The van der Waals surface area contributed by atoms with Crippen LogP contribution in [0.1, 0.15) is 33.3 Å². The second-order valence-electron chi connectivity index (χ2n) is 6.72. The minimum absolute atomic E-state index is 0.269. The predicted molar refractivity (Wildman–Crippen MR) is 86.2 cm³/mol. The number of nitrogens with zero attached hydrogens (tertiary/aromatic N) is 1. The summed E-state index contributed by atoms with van der Waals surface area (Å²) in [6.45, 7) is 12.1. The van der Waals surface area contributed by atoms with E-state index in [1.165, 1.54) is 5.56 Å². The number of nitrogens with one attached hydrogen (secondary N) is 1. The number of ether oxygens (including phenoxy) is 1. The van der Waals surface area contributed by atoms with Gasteiger partial charge < -0.3 is 15.0 Å². The molecule has 1 aromatic rings. The lowest BCUT2D eigenvalue weighted by Gasteiger charge is -2.31. The molecule has 0 bridgehead atoms. The SMILES string of the molecule is COc1ccc(CN(C)CC(C)(C)CNC(C)C)cc1. The van der Waals surface area contributed by atoms with Crippen LogP contribution in [0.5, 0.6) is 5.75 Å². The Morgan fingerprint density at radius 3 is 2.30 bits per heavy atom. The van der Waals surface area contributed by atoms with Gasteiger partial charge in [0.1, 0.15) is 5.75 Å². The third-order valence-electron chi connectivity index (χ3n) is 3.30. The van der Waals surface area contributed by atoms with E-state index >= 15 is 0 Å². The van der Waals surface area contributed by atoms with Gasteiger partial charge in [-0.2, -0.15) is 0 Å². The summed E-state index contributed by atoms with van der Waals surface area (Å²) in [6, 6.07) is 8.85. The minimum atomic E-state index is 0.269. The van der Waals surface area contributed by atoms with Crippen molar-refractivity contribution in [3.8, 4) is 5.75 Å². The van der Waals surface area contributed by atoms with Crippen LogP contribution in [-0.4, -0.2) is 38.2 Å². The van der Waals surface area contributed by atoms with Crippen LogP contribution >= 0.6 is 0 Å². The molecule has 0 aliphatic heterocycles. The number of hydrogen-bond donors (Lipinski definition) is 1. The van der Waals surface area contributed by atoms with Crippen molar-refractivity contribution >= 4 is 0 Å². The summed E-state index contributed by atoms with van der Waals surface area (Å²) in [4.78, 5) is 2.38. The molecule has 0 aliphatic carbocycles. The second kappa shape index (κ2) is 7.65. The molecule has 114 valence electrons. The van der Waals surface area contributed by atoms with E-state index in [2.05, 4.69) is 57.1 Å². The maximum atomic E-state index is 5.19. The first-order valence-corrected chi connectivity index (χ1v) is 7.37. The van der Waals surface area contributed by atoms with Crippen molar-refractivity contribution in [3.63, 3.8) is 0 Å². The van der Waals surface area contributed by atoms with Crippen LogP contribution in [0.25, 0.3) is 0 Å². The highest BCUT2D eigenvalue weighted by molar-refractivity contribution is 5.27. The fraction of sp³-hybridized carbons (Fsp3) is 0.647. The predicted octanol–water partition coefficient (Wildman–Crippen LogP) is 3.15. The van der Waals surface area contributed by atoms with E-state index < -0.39 is 0 Å². The Kier molecular flexibility index (Phi) is 6.50. The van der Waals surface area contributed by atoms with Gasteiger partial charge in [-0.3, -0.25) is 0 Å². The molecular weight excluding hydrogens is 248 g/mol. The molecule has 0 aliphatic rings. The van der Waals surface area contributed by atoms with Crippen LogP contribution in [0.2, 0.25) is 0 Å². The number of rotatable bonds is 8. The van der Waals surface area contributed by atoms with E-state index in [0.29, 0.717) is 6.04 Å². The lowest BCUT2D eigenvalue weighted by Crippen LogP contribution is -2.40. The number of methoxy groups -OCH3 is 1. The van der Waals surface area contributed by atoms with Gasteiger partial charge in [-0.1, -0.05) is 39.8 Å². The molecule has 0 aromatic heterocycles. The first-order valence-electron chi connectivity index (χ1n) is 7.37. The van der Waals surface area contributed by atoms with Crippen LogP contribution in [0.4, 0.5) is 0 Å². The van der Waals surface area contributed by atoms with Gasteiger partial charge in [0.05, 0.1) is 7.11 Å². The molecule has 0 unspecified atom stereocenters. The Bertz CT molecular complexity index is 384. The third-order valence-corrected chi connectivity index (χ3v) is 3.30. The fourth-order valence-corrected chi connectivity index (χ4v) is 2.37. The van der Waals surface area contributed by atoms with Crippen molar-refractivity contribution < 1.29 is 4.74 Å². The van der Waals surface area contributed by atoms with Gasteiger partial charge in [0.15, 0.2) is 0 Å². The highest BCUT2D eigenvalue weighted by atomic mass is 16.5. The number of hydrogen-bond acceptors (Lipinski definition) is 3. The monoisotopic (exact) mass is 278 g/mol. The normalized spacial score (nSPS) is 12.2. The Morgan fingerprint density at radius 1 is 1.20 bits per heavy atom. The summed E-state index contributed by atoms with van der Waals surface area (Å²) in [7, 11) is 3.88. The maximum Gasteiger partial charge on any atom is 0.118 e. The van der Waals surface area contributed by atoms with Crippen molar-refractivity contribution in [1.82, 2.24) is 10.2 Å². The van der Waals surface area contributed by atoms with Crippen LogP contribution in [0, 0.1) is 5.41 Å². The minimum Gasteiger partial charge on any atom is -0.497 e. The van der Waals surface area contributed by atoms with Crippen LogP contribution < -0.4 is 10.1 Å². The lowest BCUT2D eigenvalue weighted by molar-refractivity contribution is 0.195. The van der Waals surface area contributed by atoms with Crippen molar-refractivity contribution in [2.75, 3.05) is 27.2 Å². The zero-order chi connectivity index (χ0) is 15.2. The fourth-order valence-electron chi connectivity index (χ4n) is 2.37. The van der Waals surface area contributed by atoms with Crippen LogP contribution in [0.3, 0.4) is 0 Å². The van der Waals surface area contributed by atoms with Gasteiger partial charge in [-0.05, 0) is 30.2 Å². The molecule has 0 heterocycles. The lowest BCUT2D eigenvalue weighted by atomic mass is 9.92. The molecule has 0 radical (unpaired) electrons. The standard InChI is InChI=1S/C17H30N2O/c1-14(2)18-12-17(3,4)13-19(5)11-15-7-9-16(20-6)10-8-15/h7-10,14,18H,11-13H2,1-6H3. The molecule has 1 aromatic carbocycles. The smallest absolute Gasteiger partial charge is 0.118 e. The Labute approximate surface area is 124 Å². The Balaban J connectivity index is 2.46. The molecule has 0 amide bonds. The third kappa shape index (κ3) is 6.40. The summed E-state index contributed by atoms with van der Waals surface area (Å²) in [5.41, 5.74) is 1.59.